The topological polar surface area (TPSA) is 84.9 Å². The number of aryl methyl sites for hydroxylation is 1. The number of rotatable bonds is 6. The molecule has 0 aliphatic carbocycles. The molecule has 0 aromatic heterocycles. The molecule has 0 saturated heterocycles. The molecule has 2 aromatic rings. The van der Waals surface area contributed by atoms with Crippen molar-refractivity contribution in [1.29, 1.82) is 0 Å². The van der Waals surface area contributed by atoms with Gasteiger partial charge < -0.3 is 19.9 Å². The first-order chi connectivity index (χ1) is 12.0. The number of esters is 1. The highest BCUT2D eigenvalue weighted by atomic mass is 16.5. The van der Waals surface area contributed by atoms with Crippen LogP contribution in [-0.2, 0) is 9.53 Å². The number of nitrogens with one attached hydrogen (secondary N) is 1. The van der Waals surface area contributed by atoms with Crippen LogP contribution in [0.25, 0.3) is 0 Å². The zero-order chi connectivity index (χ0) is 18.4. The van der Waals surface area contributed by atoms with Crippen LogP contribution < -0.4 is 10.1 Å². The third-order valence-electron chi connectivity index (χ3n) is 3.90. The molecule has 2 rings (SSSR count). The van der Waals surface area contributed by atoms with Crippen LogP contribution in [0.5, 0.6) is 5.75 Å². The predicted octanol–water partition coefficient (Wildman–Crippen LogP) is 2.01. The number of carbonyl (C=O) groups is 2. The molecule has 0 fully saturated rings. The molecule has 2 aromatic carbocycles. The second kappa shape index (κ2) is 8.30. The highest BCUT2D eigenvalue weighted by Gasteiger charge is 2.31. The zero-order valence-corrected chi connectivity index (χ0v) is 14.4. The predicted molar refractivity (Wildman–Crippen MR) is 92.4 cm³/mol. The van der Waals surface area contributed by atoms with E-state index in [2.05, 4.69) is 5.32 Å². The first kappa shape index (κ1) is 18.5. The van der Waals surface area contributed by atoms with Gasteiger partial charge in [0.05, 0.1) is 14.2 Å². The van der Waals surface area contributed by atoms with Crippen molar-refractivity contribution in [3.63, 3.8) is 0 Å². The number of ether oxygens (including phenoxy) is 2. The Morgan fingerprint density at radius 2 is 1.68 bits per heavy atom. The molecule has 2 N–H and O–H groups in total. The van der Waals surface area contributed by atoms with Crippen molar-refractivity contribution in [2.45, 2.75) is 19.1 Å². The molecule has 2 unspecified atom stereocenters. The van der Waals surface area contributed by atoms with Gasteiger partial charge in [-0.05, 0) is 36.2 Å². The normalized spacial score (nSPS) is 12.8. The van der Waals surface area contributed by atoms with E-state index in [0.717, 1.165) is 5.56 Å². The lowest BCUT2D eigenvalue weighted by atomic mass is 10.0. The highest BCUT2D eigenvalue weighted by Crippen LogP contribution is 2.21. The molecule has 0 heterocycles. The van der Waals surface area contributed by atoms with Gasteiger partial charge in [-0.2, -0.15) is 0 Å². The van der Waals surface area contributed by atoms with E-state index < -0.39 is 24.0 Å². The summed E-state index contributed by atoms with van der Waals surface area (Å²) >= 11 is 0. The van der Waals surface area contributed by atoms with E-state index in [1.165, 1.54) is 14.2 Å². The Kier molecular flexibility index (Phi) is 6.14. The number of aliphatic hydroxyl groups is 1. The van der Waals surface area contributed by atoms with Gasteiger partial charge >= 0.3 is 5.97 Å². The molecular weight excluding hydrogens is 322 g/mol. The Labute approximate surface area is 146 Å². The second-order valence-corrected chi connectivity index (χ2v) is 5.51. The quantitative estimate of drug-likeness (QED) is 0.784. The number of amides is 1. The number of benzene rings is 2. The van der Waals surface area contributed by atoms with Gasteiger partial charge in [0, 0.05) is 5.56 Å². The van der Waals surface area contributed by atoms with E-state index in [-0.39, 0.29) is 0 Å². The molecule has 0 bridgehead atoms. The van der Waals surface area contributed by atoms with Gasteiger partial charge in [0.25, 0.3) is 5.91 Å². The third-order valence-corrected chi connectivity index (χ3v) is 3.90. The molecule has 6 heteroatoms. The van der Waals surface area contributed by atoms with Crippen LogP contribution >= 0.6 is 0 Å². The number of carbonyl (C=O) groups excluding carboxylic acids is 2. The first-order valence-corrected chi connectivity index (χ1v) is 7.74. The summed E-state index contributed by atoms with van der Waals surface area (Å²) in [6.07, 6.45) is -1.26. The van der Waals surface area contributed by atoms with Crippen molar-refractivity contribution in [2.75, 3.05) is 14.2 Å². The fraction of sp³-hybridized carbons (Fsp3) is 0.263. The fourth-order valence-corrected chi connectivity index (χ4v) is 2.43. The maximum absolute atomic E-state index is 12.5. The van der Waals surface area contributed by atoms with Gasteiger partial charge in [-0.3, -0.25) is 4.79 Å². The van der Waals surface area contributed by atoms with Crippen LogP contribution in [0.3, 0.4) is 0 Å². The van der Waals surface area contributed by atoms with Gasteiger partial charge in [0.15, 0.2) is 6.04 Å². The summed E-state index contributed by atoms with van der Waals surface area (Å²) in [6.45, 7) is 1.79. The smallest absolute Gasteiger partial charge is 0.331 e. The molecule has 0 aliphatic heterocycles. The molecule has 0 saturated carbocycles. The lowest BCUT2D eigenvalue weighted by Crippen LogP contribution is -2.45. The van der Waals surface area contributed by atoms with Crippen LogP contribution in [0, 0.1) is 6.92 Å². The summed E-state index contributed by atoms with van der Waals surface area (Å²) in [5.41, 5.74) is 1.65. The number of aliphatic hydroxyl groups excluding tert-OH is 1. The maximum atomic E-state index is 12.5. The molecule has 132 valence electrons. The van der Waals surface area contributed by atoms with Crippen molar-refractivity contribution < 1.29 is 24.2 Å². The number of methoxy groups -OCH3 is 2. The summed E-state index contributed by atoms with van der Waals surface area (Å²) in [7, 11) is 2.74. The summed E-state index contributed by atoms with van der Waals surface area (Å²) in [6, 6.07) is 12.3. The maximum Gasteiger partial charge on any atom is 0.331 e. The van der Waals surface area contributed by atoms with Crippen LogP contribution in [0.2, 0.25) is 0 Å². The second-order valence-electron chi connectivity index (χ2n) is 5.51. The summed E-state index contributed by atoms with van der Waals surface area (Å²) in [4.78, 5) is 24.6. The molecule has 0 radical (unpaired) electrons. The Balaban J connectivity index is 2.24. The molecular formula is C19H21NO5. The minimum absolute atomic E-state index is 0.429. The SMILES string of the molecule is COC(=O)C(NC(=O)c1ccccc1C)C(O)c1ccc(OC)cc1. The van der Waals surface area contributed by atoms with E-state index in [1.54, 1.807) is 49.4 Å². The van der Waals surface area contributed by atoms with Crippen molar-refractivity contribution in [1.82, 2.24) is 5.32 Å². The summed E-state index contributed by atoms with van der Waals surface area (Å²) in [5, 5.41) is 13.1. The molecule has 0 aliphatic rings. The average Bonchev–Trinajstić information content (AvgIpc) is 2.65. The van der Waals surface area contributed by atoms with Crippen LogP contribution in [0.15, 0.2) is 48.5 Å². The van der Waals surface area contributed by atoms with Gasteiger partial charge in [-0.1, -0.05) is 30.3 Å². The minimum Gasteiger partial charge on any atom is -0.497 e. The zero-order valence-electron chi connectivity index (χ0n) is 14.4. The third kappa shape index (κ3) is 4.36. The molecule has 25 heavy (non-hydrogen) atoms. The minimum atomic E-state index is -1.26. The molecule has 1 amide bonds. The van der Waals surface area contributed by atoms with Gasteiger partial charge in [-0.15, -0.1) is 0 Å². The largest absolute Gasteiger partial charge is 0.497 e. The van der Waals surface area contributed by atoms with Crippen molar-refractivity contribution >= 4 is 11.9 Å². The lowest BCUT2D eigenvalue weighted by molar-refractivity contribution is -0.146. The van der Waals surface area contributed by atoms with Crippen LogP contribution in [0.1, 0.15) is 27.6 Å². The summed E-state index contributed by atoms with van der Waals surface area (Å²) < 4.78 is 9.80. The van der Waals surface area contributed by atoms with Gasteiger partial charge in [0.1, 0.15) is 11.9 Å². The Hall–Kier alpha value is -2.86. The van der Waals surface area contributed by atoms with Gasteiger partial charge in [0.2, 0.25) is 0 Å². The van der Waals surface area contributed by atoms with Crippen molar-refractivity contribution in [3.05, 3.63) is 65.2 Å². The molecule has 6 nitrogen and oxygen atoms in total. The van der Waals surface area contributed by atoms with E-state index in [4.69, 9.17) is 9.47 Å². The van der Waals surface area contributed by atoms with Gasteiger partial charge in [-0.25, -0.2) is 4.79 Å². The standard InChI is InChI=1S/C19H21NO5/c1-12-6-4-5-7-15(12)18(22)20-16(19(23)25-3)17(21)13-8-10-14(24-2)11-9-13/h4-11,16-17,21H,1-3H3,(H,20,22). The Bertz CT molecular complexity index is 742. The molecule has 2 atom stereocenters. The molecule has 0 spiro atoms. The Morgan fingerprint density at radius 1 is 1.04 bits per heavy atom. The average molecular weight is 343 g/mol. The highest BCUT2D eigenvalue weighted by molar-refractivity contribution is 5.98. The lowest BCUT2D eigenvalue weighted by Gasteiger charge is -2.22. The van der Waals surface area contributed by atoms with Crippen molar-refractivity contribution in [3.8, 4) is 5.75 Å². The van der Waals surface area contributed by atoms with Crippen LogP contribution in [-0.4, -0.2) is 37.2 Å². The van der Waals surface area contributed by atoms with Crippen molar-refractivity contribution in [2.24, 2.45) is 0 Å². The number of hydrogen-bond donors (Lipinski definition) is 2. The first-order valence-electron chi connectivity index (χ1n) is 7.74. The van der Waals surface area contributed by atoms with E-state index in [9.17, 15) is 14.7 Å². The Morgan fingerprint density at radius 3 is 2.24 bits per heavy atom. The van der Waals surface area contributed by atoms with E-state index >= 15 is 0 Å². The van der Waals surface area contributed by atoms with Crippen LogP contribution in [0.4, 0.5) is 0 Å². The number of hydrogen-bond acceptors (Lipinski definition) is 5. The summed E-state index contributed by atoms with van der Waals surface area (Å²) in [5.74, 6) is -0.569. The monoisotopic (exact) mass is 343 g/mol. The fourth-order valence-electron chi connectivity index (χ4n) is 2.43. The van der Waals surface area contributed by atoms with E-state index in [0.29, 0.717) is 16.9 Å². The van der Waals surface area contributed by atoms with E-state index in [1.807, 2.05) is 6.07 Å².